The van der Waals surface area contributed by atoms with E-state index in [4.69, 9.17) is 0 Å². The molecule has 0 radical (unpaired) electrons. The van der Waals surface area contributed by atoms with Gasteiger partial charge in [-0.15, -0.1) is 0 Å². The number of carbonyl (C=O) groups is 2. The number of halogens is 1. The summed E-state index contributed by atoms with van der Waals surface area (Å²) in [4.78, 5) is 23.5. The Morgan fingerprint density at radius 2 is 2.28 bits per heavy atom. The molecule has 5 nitrogen and oxygen atoms in total. The molecule has 2 amide bonds. The number of aromatic hydroxyl groups is 1. The van der Waals surface area contributed by atoms with Gasteiger partial charge < -0.3 is 15.7 Å². The Morgan fingerprint density at radius 1 is 1.50 bits per heavy atom. The van der Waals surface area contributed by atoms with E-state index >= 15 is 0 Å². The number of hydrogen-bond donors (Lipinski definition) is 3. The third-order valence-corrected chi connectivity index (χ3v) is 3.29. The van der Waals surface area contributed by atoms with Crippen LogP contribution in [0.25, 0.3) is 0 Å². The van der Waals surface area contributed by atoms with E-state index in [2.05, 4.69) is 26.6 Å². The van der Waals surface area contributed by atoms with E-state index in [0.717, 1.165) is 6.42 Å². The standard InChI is InChI=1S/C12H13BrN2O3/c13-7-3-4-10(16)8(6-7)11(17)15-9-2-1-5-14-12(9)18/h3-4,6,9,16H,1-2,5H2,(H,14,18)(H,15,17). The molecule has 0 saturated carbocycles. The van der Waals surface area contributed by atoms with Crippen LogP contribution in [0.3, 0.4) is 0 Å². The van der Waals surface area contributed by atoms with E-state index in [9.17, 15) is 14.7 Å². The van der Waals surface area contributed by atoms with Crippen LogP contribution in [0.1, 0.15) is 23.2 Å². The Balaban J connectivity index is 2.11. The van der Waals surface area contributed by atoms with Crippen LogP contribution in [-0.2, 0) is 4.79 Å². The average molecular weight is 313 g/mol. The van der Waals surface area contributed by atoms with Gasteiger partial charge in [0.2, 0.25) is 5.91 Å². The monoisotopic (exact) mass is 312 g/mol. The van der Waals surface area contributed by atoms with Crippen molar-refractivity contribution >= 4 is 27.7 Å². The van der Waals surface area contributed by atoms with Crippen LogP contribution in [0.2, 0.25) is 0 Å². The zero-order valence-electron chi connectivity index (χ0n) is 9.57. The lowest BCUT2D eigenvalue weighted by Gasteiger charge is -2.22. The summed E-state index contributed by atoms with van der Waals surface area (Å²) in [5.41, 5.74) is 0.155. The van der Waals surface area contributed by atoms with Gasteiger partial charge in [0.1, 0.15) is 11.8 Å². The molecular formula is C12H13BrN2O3. The van der Waals surface area contributed by atoms with Crippen molar-refractivity contribution in [1.29, 1.82) is 0 Å². The van der Waals surface area contributed by atoms with Gasteiger partial charge in [-0.3, -0.25) is 9.59 Å². The molecule has 0 bridgehead atoms. The van der Waals surface area contributed by atoms with Gasteiger partial charge >= 0.3 is 0 Å². The van der Waals surface area contributed by atoms with Crippen molar-refractivity contribution in [3.63, 3.8) is 0 Å². The van der Waals surface area contributed by atoms with Gasteiger partial charge in [0.25, 0.3) is 5.91 Å². The van der Waals surface area contributed by atoms with Crippen molar-refractivity contribution < 1.29 is 14.7 Å². The van der Waals surface area contributed by atoms with Gasteiger partial charge in [-0.05, 0) is 31.0 Å². The summed E-state index contributed by atoms with van der Waals surface area (Å²) in [5.74, 6) is -0.730. The number of rotatable bonds is 2. The normalized spacial score (nSPS) is 19.2. The maximum absolute atomic E-state index is 12.0. The first-order chi connectivity index (χ1) is 8.58. The highest BCUT2D eigenvalue weighted by atomic mass is 79.9. The van der Waals surface area contributed by atoms with Crippen molar-refractivity contribution in [1.82, 2.24) is 10.6 Å². The summed E-state index contributed by atoms with van der Waals surface area (Å²) in [6.45, 7) is 0.646. The van der Waals surface area contributed by atoms with E-state index in [1.54, 1.807) is 6.07 Å². The lowest BCUT2D eigenvalue weighted by molar-refractivity contribution is -0.124. The van der Waals surface area contributed by atoms with Crippen molar-refractivity contribution in [2.45, 2.75) is 18.9 Å². The van der Waals surface area contributed by atoms with Gasteiger partial charge in [-0.2, -0.15) is 0 Å². The SMILES string of the molecule is O=C(NC1CCCNC1=O)c1cc(Br)ccc1O. The van der Waals surface area contributed by atoms with E-state index in [0.29, 0.717) is 17.4 Å². The maximum atomic E-state index is 12.0. The molecule has 1 aliphatic heterocycles. The molecule has 0 aromatic heterocycles. The quantitative estimate of drug-likeness (QED) is 0.767. The summed E-state index contributed by atoms with van der Waals surface area (Å²) in [6.07, 6.45) is 1.45. The highest BCUT2D eigenvalue weighted by molar-refractivity contribution is 9.10. The number of carbonyl (C=O) groups excluding carboxylic acids is 2. The number of phenolic OH excluding ortho intramolecular Hbond substituents is 1. The number of nitrogens with one attached hydrogen (secondary N) is 2. The number of hydrogen-bond acceptors (Lipinski definition) is 3. The first-order valence-electron chi connectivity index (χ1n) is 5.65. The predicted octanol–water partition coefficient (Wildman–Crippen LogP) is 1.16. The zero-order valence-corrected chi connectivity index (χ0v) is 11.2. The second-order valence-electron chi connectivity index (χ2n) is 4.12. The fourth-order valence-electron chi connectivity index (χ4n) is 1.84. The predicted molar refractivity (Wildman–Crippen MR) is 69.3 cm³/mol. The molecule has 1 aromatic rings. The van der Waals surface area contributed by atoms with E-state index < -0.39 is 11.9 Å². The molecule has 1 fully saturated rings. The molecule has 1 unspecified atom stereocenters. The van der Waals surface area contributed by atoms with Crippen molar-refractivity contribution in [2.75, 3.05) is 6.54 Å². The third-order valence-electron chi connectivity index (χ3n) is 2.79. The fraction of sp³-hybridized carbons (Fsp3) is 0.333. The van der Waals surface area contributed by atoms with Gasteiger partial charge in [0.15, 0.2) is 0 Å². The Labute approximate surface area is 113 Å². The summed E-state index contributed by atoms with van der Waals surface area (Å²) in [5, 5.41) is 14.9. The highest BCUT2D eigenvalue weighted by Gasteiger charge is 2.24. The van der Waals surface area contributed by atoms with Crippen LogP contribution < -0.4 is 10.6 Å². The fourth-order valence-corrected chi connectivity index (χ4v) is 2.20. The first kappa shape index (κ1) is 12.9. The molecule has 0 aliphatic carbocycles. The Kier molecular flexibility index (Phi) is 3.86. The van der Waals surface area contributed by atoms with E-state index in [1.165, 1.54) is 12.1 Å². The maximum Gasteiger partial charge on any atom is 0.255 e. The Morgan fingerprint density at radius 3 is 3.00 bits per heavy atom. The summed E-state index contributed by atoms with van der Waals surface area (Å²) >= 11 is 3.23. The molecule has 1 saturated heterocycles. The topological polar surface area (TPSA) is 78.4 Å². The van der Waals surface area contributed by atoms with E-state index in [1.807, 2.05) is 0 Å². The molecule has 2 rings (SSSR count). The van der Waals surface area contributed by atoms with Crippen molar-refractivity contribution in [3.8, 4) is 5.75 Å². The molecule has 3 N–H and O–H groups in total. The van der Waals surface area contributed by atoms with Gasteiger partial charge in [0, 0.05) is 11.0 Å². The second-order valence-corrected chi connectivity index (χ2v) is 5.04. The molecule has 0 spiro atoms. The third kappa shape index (κ3) is 2.81. The number of piperidine rings is 1. The molecule has 1 aromatic carbocycles. The van der Waals surface area contributed by atoms with Crippen LogP contribution >= 0.6 is 15.9 Å². The molecular weight excluding hydrogens is 300 g/mol. The van der Waals surface area contributed by atoms with Gasteiger partial charge in [-0.25, -0.2) is 0 Å². The average Bonchev–Trinajstić information content (AvgIpc) is 2.35. The number of phenols is 1. The molecule has 6 heteroatoms. The number of benzene rings is 1. The lowest BCUT2D eigenvalue weighted by Crippen LogP contribution is -2.50. The minimum atomic E-state index is -0.523. The second kappa shape index (κ2) is 5.39. The molecule has 1 atom stereocenters. The first-order valence-corrected chi connectivity index (χ1v) is 6.44. The highest BCUT2D eigenvalue weighted by Crippen LogP contribution is 2.22. The molecule has 1 heterocycles. The molecule has 1 aliphatic rings. The Bertz CT molecular complexity index is 490. The summed E-state index contributed by atoms with van der Waals surface area (Å²) in [7, 11) is 0. The van der Waals surface area contributed by atoms with Crippen molar-refractivity contribution in [3.05, 3.63) is 28.2 Å². The summed E-state index contributed by atoms with van der Waals surface area (Å²) in [6, 6.07) is 4.06. The van der Waals surface area contributed by atoms with Crippen LogP contribution in [0.4, 0.5) is 0 Å². The smallest absolute Gasteiger partial charge is 0.255 e. The van der Waals surface area contributed by atoms with Gasteiger partial charge in [-0.1, -0.05) is 15.9 Å². The van der Waals surface area contributed by atoms with Crippen LogP contribution in [0.5, 0.6) is 5.75 Å². The van der Waals surface area contributed by atoms with Crippen LogP contribution in [-0.4, -0.2) is 29.5 Å². The molecule has 18 heavy (non-hydrogen) atoms. The lowest BCUT2D eigenvalue weighted by atomic mass is 10.1. The summed E-state index contributed by atoms with van der Waals surface area (Å²) < 4.78 is 0.693. The van der Waals surface area contributed by atoms with Crippen LogP contribution in [0.15, 0.2) is 22.7 Å². The zero-order chi connectivity index (χ0) is 13.1. The van der Waals surface area contributed by atoms with Crippen molar-refractivity contribution in [2.24, 2.45) is 0 Å². The largest absolute Gasteiger partial charge is 0.507 e. The van der Waals surface area contributed by atoms with Crippen LogP contribution in [0, 0.1) is 0 Å². The number of amides is 2. The van der Waals surface area contributed by atoms with Gasteiger partial charge in [0.05, 0.1) is 5.56 Å². The molecule has 96 valence electrons. The minimum Gasteiger partial charge on any atom is -0.507 e. The minimum absolute atomic E-state index is 0.105. The Hall–Kier alpha value is -1.56. The van der Waals surface area contributed by atoms with E-state index in [-0.39, 0.29) is 17.2 Å².